The second kappa shape index (κ2) is 8.56. The van der Waals surface area contributed by atoms with Crippen molar-refractivity contribution in [1.82, 2.24) is 4.90 Å². The summed E-state index contributed by atoms with van der Waals surface area (Å²) in [6, 6.07) is 15.8. The molecule has 0 radical (unpaired) electrons. The van der Waals surface area contributed by atoms with Gasteiger partial charge in [0.2, 0.25) is 0 Å². The Morgan fingerprint density at radius 1 is 1.04 bits per heavy atom. The monoisotopic (exact) mass is 315 g/mol. The highest BCUT2D eigenvalue weighted by atomic mass is 16.5. The number of rotatable bonds is 8. The molecule has 0 spiro atoms. The van der Waals surface area contributed by atoms with E-state index in [9.17, 15) is 5.11 Å². The molecule has 0 aliphatic carbocycles. The molecule has 124 valence electrons. The van der Waals surface area contributed by atoms with E-state index in [2.05, 4.69) is 24.1 Å². The third-order valence-electron chi connectivity index (χ3n) is 3.88. The minimum Gasteiger partial charge on any atom is -0.497 e. The van der Waals surface area contributed by atoms with Gasteiger partial charge in [0.1, 0.15) is 11.5 Å². The maximum Gasteiger partial charge on any atom is 0.128 e. The number of hydrogen-bond acceptors (Lipinski definition) is 4. The predicted octanol–water partition coefficient (Wildman–Crippen LogP) is 3.26. The minimum absolute atomic E-state index is 0.561. The topological polar surface area (TPSA) is 41.9 Å². The van der Waals surface area contributed by atoms with E-state index in [1.807, 2.05) is 30.3 Å². The zero-order valence-corrected chi connectivity index (χ0v) is 14.0. The number of methoxy groups -OCH3 is 2. The van der Waals surface area contributed by atoms with Crippen LogP contribution in [0.25, 0.3) is 0 Å². The van der Waals surface area contributed by atoms with E-state index in [0.29, 0.717) is 12.2 Å². The lowest BCUT2D eigenvalue weighted by atomic mass is 10.0. The van der Waals surface area contributed by atoms with Crippen molar-refractivity contribution in [3.8, 4) is 11.5 Å². The van der Waals surface area contributed by atoms with Crippen molar-refractivity contribution in [3.63, 3.8) is 0 Å². The highest BCUT2D eigenvalue weighted by Gasteiger charge is 2.15. The van der Waals surface area contributed by atoms with E-state index in [1.165, 1.54) is 5.56 Å². The van der Waals surface area contributed by atoms with E-state index in [4.69, 9.17) is 9.47 Å². The molecule has 0 fully saturated rings. The SMILES string of the molecule is COc1ccc(C(O)CCN(C)Cc2ccccc2)c(OC)c1. The molecule has 0 aliphatic rings. The van der Waals surface area contributed by atoms with Gasteiger partial charge in [-0.15, -0.1) is 0 Å². The van der Waals surface area contributed by atoms with E-state index in [1.54, 1.807) is 20.3 Å². The van der Waals surface area contributed by atoms with Gasteiger partial charge in [-0.3, -0.25) is 0 Å². The largest absolute Gasteiger partial charge is 0.497 e. The Labute approximate surface area is 138 Å². The Bertz CT molecular complexity index is 601. The van der Waals surface area contributed by atoms with Gasteiger partial charge in [-0.1, -0.05) is 30.3 Å². The molecule has 1 atom stereocenters. The summed E-state index contributed by atoms with van der Waals surface area (Å²) in [7, 11) is 5.28. The molecular weight excluding hydrogens is 290 g/mol. The zero-order valence-electron chi connectivity index (χ0n) is 14.0. The van der Waals surface area contributed by atoms with Gasteiger partial charge in [-0.05, 0) is 31.2 Å². The second-order valence-electron chi connectivity index (χ2n) is 5.64. The molecule has 2 rings (SSSR count). The average molecular weight is 315 g/mol. The van der Waals surface area contributed by atoms with Gasteiger partial charge in [0.15, 0.2) is 0 Å². The maximum absolute atomic E-state index is 10.5. The lowest BCUT2D eigenvalue weighted by Crippen LogP contribution is -2.21. The van der Waals surface area contributed by atoms with Gasteiger partial charge in [-0.25, -0.2) is 0 Å². The van der Waals surface area contributed by atoms with Crippen LogP contribution in [0, 0.1) is 0 Å². The molecule has 1 unspecified atom stereocenters. The summed E-state index contributed by atoms with van der Waals surface area (Å²) in [6.45, 7) is 1.67. The van der Waals surface area contributed by atoms with Crippen LogP contribution < -0.4 is 9.47 Å². The van der Waals surface area contributed by atoms with E-state index >= 15 is 0 Å². The number of hydrogen-bond donors (Lipinski definition) is 1. The third kappa shape index (κ3) is 4.98. The van der Waals surface area contributed by atoms with Gasteiger partial charge < -0.3 is 19.5 Å². The zero-order chi connectivity index (χ0) is 16.7. The second-order valence-corrected chi connectivity index (χ2v) is 5.64. The van der Waals surface area contributed by atoms with Gasteiger partial charge in [0.25, 0.3) is 0 Å². The van der Waals surface area contributed by atoms with E-state index < -0.39 is 6.10 Å². The van der Waals surface area contributed by atoms with Gasteiger partial charge >= 0.3 is 0 Å². The molecule has 0 bridgehead atoms. The van der Waals surface area contributed by atoms with Crippen molar-refractivity contribution in [1.29, 1.82) is 0 Å². The van der Waals surface area contributed by atoms with Crippen LogP contribution in [-0.4, -0.2) is 37.8 Å². The molecule has 4 heteroatoms. The Morgan fingerprint density at radius 3 is 2.43 bits per heavy atom. The summed E-state index contributed by atoms with van der Waals surface area (Å²) in [5.41, 5.74) is 2.06. The third-order valence-corrected chi connectivity index (χ3v) is 3.88. The number of nitrogens with zero attached hydrogens (tertiary/aromatic N) is 1. The molecule has 0 saturated carbocycles. The van der Waals surface area contributed by atoms with E-state index in [-0.39, 0.29) is 0 Å². The quantitative estimate of drug-likeness (QED) is 0.812. The lowest BCUT2D eigenvalue weighted by molar-refractivity contribution is 0.144. The smallest absolute Gasteiger partial charge is 0.128 e. The Balaban J connectivity index is 1.92. The van der Waals surface area contributed by atoms with Gasteiger partial charge in [0.05, 0.1) is 20.3 Å². The highest BCUT2D eigenvalue weighted by molar-refractivity contribution is 5.41. The Kier molecular flexibility index (Phi) is 6.44. The van der Waals surface area contributed by atoms with Crippen molar-refractivity contribution in [2.24, 2.45) is 0 Å². The fraction of sp³-hybridized carbons (Fsp3) is 0.368. The summed E-state index contributed by atoms with van der Waals surface area (Å²) in [6.07, 6.45) is 0.0838. The van der Waals surface area contributed by atoms with Crippen LogP contribution in [0.4, 0.5) is 0 Å². The first-order valence-electron chi connectivity index (χ1n) is 7.76. The van der Waals surface area contributed by atoms with Crippen LogP contribution in [0.1, 0.15) is 23.7 Å². The van der Waals surface area contributed by atoms with Crippen LogP contribution in [0.15, 0.2) is 48.5 Å². The van der Waals surface area contributed by atoms with Crippen molar-refractivity contribution in [2.45, 2.75) is 19.1 Å². The minimum atomic E-state index is -0.561. The van der Waals surface area contributed by atoms with E-state index in [0.717, 1.165) is 24.4 Å². The maximum atomic E-state index is 10.5. The molecule has 2 aromatic rings. The summed E-state index contributed by atoms with van der Waals surface area (Å²) in [4.78, 5) is 2.20. The van der Waals surface area contributed by atoms with Crippen LogP contribution in [0.2, 0.25) is 0 Å². The fourth-order valence-corrected chi connectivity index (χ4v) is 2.57. The number of benzene rings is 2. The molecule has 0 amide bonds. The van der Waals surface area contributed by atoms with Gasteiger partial charge in [-0.2, -0.15) is 0 Å². The molecule has 0 heterocycles. The number of aliphatic hydroxyl groups is 1. The average Bonchev–Trinajstić information content (AvgIpc) is 2.60. The molecule has 23 heavy (non-hydrogen) atoms. The van der Waals surface area contributed by atoms with Gasteiger partial charge in [0, 0.05) is 24.7 Å². The van der Waals surface area contributed by atoms with Crippen LogP contribution >= 0.6 is 0 Å². The highest BCUT2D eigenvalue weighted by Crippen LogP contribution is 2.31. The Hall–Kier alpha value is -2.04. The van der Waals surface area contributed by atoms with Crippen LogP contribution in [0.3, 0.4) is 0 Å². The summed E-state index contributed by atoms with van der Waals surface area (Å²) < 4.78 is 10.5. The summed E-state index contributed by atoms with van der Waals surface area (Å²) in [5, 5.41) is 10.5. The standard InChI is InChI=1S/C19H25NO3/c1-20(14-15-7-5-4-6-8-15)12-11-18(21)17-10-9-16(22-2)13-19(17)23-3/h4-10,13,18,21H,11-12,14H2,1-3H3. The van der Waals surface area contributed by atoms with Crippen LogP contribution in [-0.2, 0) is 6.54 Å². The van der Waals surface area contributed by atoms with Crippen molar-refractivity contribution in [3.05, 3.63) is 59.7 Å². The fourth-order valence-electron chi connectivity index (χ4n) is 2.57. The Morgan fingerprint density at radius 2 is 1.78 bits per heavy atom. The first-order valence-corrected chi connectivity index (χ1v) is 7.76. The van der Waals surface area contributed by atoms with Crippen LogP contribution in [0.5, 0.6) is 11.5 Å². The summed E-state index contributed by atoms with van der Waals surface area (Å²) in [5.74, 6) is 1.38. The molecule has 2 aromatic carbocycles. The predicted molar refractivity (Wildman–Crippen MR) is 91.9 cm³/mol. The summed E-state index contributed by atoms with van der Waals surface area (Å²) >= 11 is 0. The molecule has 0 aliphatic heterocycles. The first-order chi connectivity index (χ1) is 11.1. The van der Waals surface area contributed by atoms with Crippen molar-refractivity contribution >= 4 is 0 Å². The van der Waals surface area contributed by atoms with Crippen molar-refractivity contribution in [2.75, 3.05) is 27.8 Å². The molecule has 4 nitrogen and oxygen atoms in total. The normalized spacial score (nSPS) is 12.2. The number of aliphatic hydroxyl groups excluding tert-OH is 1. The number of ether oxygens (including phenoxy) is 2. The molecule has 0 aromatic heterocycles. The first kappa shape index (κ1) is 17.3. The molecule has 1 N–H and O–H groups in total. The van der Waals surface area contributed by atoms with Crippen molar-refractivity contribution < 1.29 is 14.6 Å². The molecule has 0 saturated heterocycles. The molecular formula is C19H25NO3. The lowest BCUT2D eigenvalue weighted by Gasteiger charge is -2.20.